The fourth-order valence-corrected chi connectivity index (χ4v) is 3.08. The van der Waals surface area contributed by atoms with Crippen LogP contribution in [-0.2, 0) is 17.4 Å². The van der Waals surface area contributed by atoms with Crippen LogP contribution in [0.4, 0.5) is 11.4 Å². The van der Waals surface area contributed by atoms with E-state index >= 15 is 0 Å². The van der Waals surface area contributed by atoms with Crippen LogP contribution in [0.1, 0.15) is 18.1 Å². The monoisotopic (exact) mass is 316 g/mol. The third-order valence-corrected chi connectivity index (χ3v) is 4.33. The molecule has 7 heteroatoms. The summed E-state index contributed by atoms with van der Waals surface area (Å²) in [6, 6.07) is 5.43. The van der Waals surface area contributed by atoms with Crippen molar-refractivity contribution in [2.24, 2.45) is 7.05 Å². The maximum Gasteiger partial charge on any atom is 0.295 e. The van der Waals surface area contributed by atoms with Crippen molar-refractivity contribution in [3.05, 3.63) is 51.8 Å². The fraction of sp³-hybridized carbons (Fsp3) is 0.438. The summed E-state index contributed by atoms with van der Waals surface area (Å²) in [5, 5.41) is 15.7. The molecule has 0 spiro atoms. The molecule has 1 unspecified atom stereocenters. The first-order chi connectivity index (χ1) is 10.9. The molecule has 1 aromatic heterocycles. The molecule has 0 saturated carbocycles. The van der Waals surface area contributed by atoms with Crippen molar-refractivity contribution in [2.45, 2.75) is 19.4 Å². The second-order valence-electron chi connectivity index (χ2n) is 6.10. The molecule has 0 amide bonds. The van der Waals surface area contributed by atoms with Crippen LogP contribution in [0.15, 0.2) is 30.6 Å². The van der Waals surface area contributed by atoms with Crippen LogP contribution in [-0.4, -0.2) is 34.4 Å². The molecule has 7 nitrogen and oxygen atoms in total. The Hall–Kier alpha value is -2.41. The topological polar surface area (TPSA) is 73.4 Å². The quantitative estimate of drug-likeness (QED) is 0.642. The highest BCUT2D eigenvalue weighted by molar-refractivity contribution is 5.67. The molecule has 2 heterocycles. The van der Waals surface area contributed by atoms with Crippen LogP contribution < -0.4 is 4.90 Å². The van der Waals surface area contributed by atoms with E-state index < -0.39 is 5.60 Å². The van der Waals surface area contributed by atoms with Gasteiger partial charge in [0.25, 0.3) is 5.69 Å². The summed E-state index contributed by atoms with van der Waals surface area (Å²) in [6.45, 7) is 5.44. The minimum Gasteiger partial charge on any atom is -0.367 e. The predicted molar refractivity (Wildman–Crippen MR) is 86.6 cm³/mol. The standard InChI is InChI=1S/C16H20N4O3/c1-12-5-4-6-14(15(12)20(21)22)19-7-8-23-16(2,11-19)13-9-17-18(3)10-13/h4-6,9-10H,7-8,11H2,1-3H3. The van der Waals surface area contributed by atoms with E-state index in [2.05, 4.69) is 5.10 Å². The first-order valence-corrected chi connectivity index (χ1v) is 7.53. The first kappa shape index (κ1) is 15.5. The van der Waals surface area contributed by atoms with Gasteiger partial charge in [0.05, 0.1) is 24.3 Å². The van der Waals surface area contributed by atoms with Crippen LogP contribution in [0.5, 0.6) is 0 Å². The molecular weight excluding hydrogens is 296 g/mol. The molecule has 1 atom stereocenters. The number of hydrogen-bond donors (Lipinski definition) is 0. The summed E-state index contributed by atoms with van der Waals surface area (Å²) in [6.07, 6.45) is 3.71. The number of aryl methyl sites for hydroxylation is 2. The fourth-order valence-electron chi connectivity index (χ4n) is 3.08. The number of para-hydroxylation sites is 1. The van der Waals surface area contributed by atoms with Crippen LogP contribution >= 0.6 is 0 Å². The Labute approximate surface area is 134 Å². The van der Waals surface area contributed by atoms with Crippen molar-refractivity contribution in [3.63, 3.8) is 0 Å². The second kappa shape index (κ2) is 5.66. The maximum absolute atomic E-state index is 11.5. The summed E-state index contributed by atoms with van der Waals surface area (Å²) in [7, 11) is 1.86. The molecule has 1 saturated heterocycles. The third kappa shape index (κ3) is 2.79. The van der Waals surface area contributed by atoms with Gasteiger partial charge in [-0.05, 0) is 19.9 Å². The molecule has 23 heavy (non-hydrogen) atoms. The number of rotatable bonds is 3. The van der Waals surface area contributed by atoms with Crippen molar-refractivity contribution in [3.8, 4) is 0 Å². The van der Waals surface area contributed by atoms with Gasteiger partial charge in [0.15, 0.2) is 0 Å². The average Bonchev–Trinajstić information content (AvgIpc) is 2.94. The summed E-state index contributed by atoms with van der Waals surface area (Å²) in [4.78, 5) is 13.2. The van der Waals surface area contributed by atoms with Gasteiger partial charge in [0, 0.05) is 30.9 Å². The van der Waals surface area contributed by atoms with Crippen LogP contribution in [0.3, 0.4) is 0 Å². The minimum absolute atomic E-state index is 0.169. The molecular formula is C16H20N4O3. The van der Waals surface area contributed by atoms with Crippen molar-refractivity contribution in [1.82, 2.24) is 9.78 Å². The molecule has 0 aliphatic carbocycles. The molecule has 0 N–H and O–H groups in total. The number of anilines is 1. The molecule has 1 aliphatic heterocycles. The number of nitrogens with zero attached hydrogens (tertiary/aromatic N) is 4. The highest BCUT2D eigenvalue weighted by Gasteiger charge is 2.37. The number of hydrogen-bond acceptors (Lipinski definition) is 5. The zero-order chi connectivity index (χ0) is 16.6. The van der Waals surface area contributed by atoms with Gasteiger partial charge >= 0.3 is 0 Å². The number of benzene rings is 1. The van der Waals surface area contributed by atoms with Gasteiger partial charge in [-0.1, -0.05) is 12.1 Å². The van der Waals surface area contributed by atoms with Gasteiger partial charge in [-0.15, -0.1) is 0 Å². The molecule has 1 aromatic carbocycles. The normalized spacial score (nSPS) is 21.4. The van der Waals surface area contributed by atoms with E-state index in [9.17, 15) is 10.1 Å². The Kier molecular flexibility index (Phi) is 3.81. The summed E-state index contributed by atoms with van der Waals surface area (Å²) >= 11 is 0. The van der Waals surface area contributed by atoms with Crippen molar-refractivity contribution in [1.29, 1.82) is 0 Å². The Morgan fingerprint density at radius 1 is 1.43 bits per heavy atom. The lowest BCUT2D eigenvalue weighted by molar-refractivity contribution is -0.384. The van der Waals surface area contributed by atoms with Crippen LogP contribution in [0.25, 0.3) is 0 Å². The number of nitro benzene ring substituents is 1. The predicted octanol–water partition coefficient (Wildman–Crippen LogP) is 2.39. The SMILES string of the molecule is Cc1cccc(N2CCOC(C)(c3cnn(C)c3)C2)c1[N+](=O)[O-]. The van der Waals surface area contributed by atoms with E-state index in [1.54, 1.807) is 29.9 Å². The zero-order valence-electron chi connectivity index (χ0n) is 13.5. The Morgan fingerprint density at radius 2 is 2.22 bits per heavy atom. The van der Waals surface area contributed by atoms with Gasteiger partial charge in [0.2, 0.25) is 0 Å². The molecule has 0 radical (unpaired) electrons. The molecule has 122 valence electrons. The van der Waals surface area contributed by atoms with Gasteiger partial charge in [-0.25, -0.2) is 0 Å². The molecule has 1 aliphatic rings. The summed E-state index contributed by atoms with van der Waals surface area (Å²) in [5.74, 6) is 0. The van der Waals surface area contributed by atoms with Crippen molar-refractivity contribution >= 4 is 11.4 Å². The van der Waals surface area contributed by atoms with Gasteiger partial charge in [0.1, 0.15) is 11.3 Å². The largest absolute Gasteiger partial charge is 0.367 e. The molecule has 0 bridgehead atoms. The van der Waals surface area contributed by atoms with E-state index in [-0.39, 0.29) is 10.6 Å². The Balaban J connectivity index is 1.96. The highest BCUT2D eigenvalue weighted by Crippen LogP contribution is 2.36. The Morgan fingerprint density at radius 3 is 2.87 bits per heavy atom. The minimum atomic E-state index is -0.538. The van der Waals surface area contributed by atoms with E-state index in [4.69, 9.17) is 4.74 Å². The zero-order valence-corrected chi connectivity index (χ0v) is 13.5. The molecule has 1 fully saturated rings. The Bertz CT molecular complexity index is 743. The van der Waals surface area contributed by atoms with Crippen LogP contribution in [0, 0.1) is 17.0 Å². The second-order valence-corrected chi connectivity index (χ2v) is 6.10. The number of aromatic nitrogens is 2. The van der Waals surface area contributed by atoms with E-state index in [0.29, 0.717) is 30.9 Å². The van der Waals surface area contributed by atoms with Crippen LogP contribution in [0.2, 0.25) is 0 Å². The number of morpholine rings is 1. The third-order valence-electron chi connectivity index (χ3n) is 4.33. The summed E-state index contributed by atoms with van der Waals surface area (Å²) < 4.78 is 7.72. The van der Waals surface area contributed by atoms with E-state index in [0.717, 1.165) is 5.56 Å². The maximum atomic E-state index is 11.5. The number of ether oxygens (including phenoxy) is 1. The smallest absolute Gasteiger partial charge is 0.295 e. The van der Waals surface area contributed by atoms with E-state index in [1.807, 2.05) is 31.1 Å². The van der Waals surface area contributed by atoms with Crippen molar-refractivity contribution < 1.29 is 9.66 Å². The summed E-state index contributed by atoms with van der Waals surface area (Å²) in [5.41, 5.74) is 1.92. The van der Waals surface area contributed by atoms with E-state index in [1.165, 1.54) is 0 Å². The highest BCUT2D eigenvalue weighted by atomic mass is 16.6. The molecule has 3 rings (SSSR count). The van der Waals surface area contributed by atoms with Gasteiger partial charge < -0.3 is 9.64 Å². The lowest BCUT2D eigenvalue weighted by atomic mass is 9.96. The lowest BCUT2D eigenvalue weighted by Gasteiger charge is -2.41. The lowest BCUT2D eigenvalue weighted by Crippen LogP contribution is -2.48. The van der Waals surface area contributed by atoms with Crippen molar-refractivity contribution in [2.75, 3.05) is 24.6 Å². The average molecular weight is 316 g/mol. The first-order valence-electron chi connectivity index (χ1n) is 7.53. The molecule has 2 aromatic rings. The van der Waals surface area contributed by atoms with Gasteiger partial charge in [-0.3, -0.25) is 14.8 Å². The number of nitro groups is 1. The van der Waals surface area contributed by atoms with Gasteiger partial charge in [-0.2, -0.15) is 5.10 Å².